The molecule has 2 aliphatic heterocycles. The highest BCUT2D eigenvalue weighted by atomic mass is 16.1. The van der Waals surface area contributed by atoms with E-state index < -0.39 is 0 Å². The van der Waals surface area contributed by atoms with E-state index in [4.69, 9.17) is 10.7 Å². The zero-order valence-corrected chi connectivity index (χ0v) is 21.5. The van der Waals surface area contributed by atoms with E-state index in [0.29, 0.717) is 28.2 Å². The van der Waals surface area contributed by atoms with Crippen LogP contribution in [0, 0.1) is 5.41 Å². The van der Waals surface area contributed by atoms with Crippen LogP contribution in [-0.4, -0.2) is 46.3 Å². The number of nitrogens with two attached hydrogens (primary N) is 1. The van der Waals surface area contributed by atoms with Crippen molar-refractivity contribution in [1.82, 2.24) is 20.2 Å². The minimum absolute atomic E-state index is 0.0560. The summed E-state index contributed by atoms with van der Waals surface area (Å²) in [5, 5.41) is 7.93. The first-order valence-corrected chi connectivity index (χ1v) is 13.6. The molecule has 0 saturated carbocycles. The van der Waals surface area contributed by atoms with E-state index in [1.165, 1.54) is 29.7 Å². The number of nitrogens with zero attached hydrogens (tertiary/aromatic N) is 4. The molecule has 2 fully saturated rings. The van der Waals surface area contributed by atoms with E-state index in [2.05, 4.69) is 68.0 Å². The van der Waals surface area contributed by atoms with Crippen LogP contribution >= 0.6 is 0 Å². The van der Waals surface area contributed by atoms with Crippen molar-refractivity contribution in [3.05, 3.63) is 87.8 Å². The standard InChI is InChI=1S/C30H33N7O/c1-19(20-8-6-9-22(17-20)36-13-4-5-14-36)25-24-27(35-34-25)32-29(33-28(24)38)37-15-11-30(12-16-37)18-21-7-2-3-10-23(21)26(30)31/h2-3,6-10,17,26H,1,4-5,11-16,18,31H2,(H2,32,33,34,35,38)/t26-/m1/s1. The summed E-state index contributed by atoms with van der Waals surface area (Å²) >= 11 is 0. The lowest BCUT2D eigenvalue weighted by Gasteiger charge is -2.42. The van der Waals surface area contributed by atoms with Gasteiger partial charge in [0, 0.05) is 43.5 Å². The first-order valence-electron chi connectivity index (χ1n) is 13.6. The Morgan fingerprint density at radius 3 is 2.61 bits per heavy atom. The molecule has 0 radical (unpaired) electrons. The molecule has 4 aromatic rings. The summed E-state index contributed by atoms with van der Waals surface area (Å²) in [7, 11) is 0. The largest absolute Gasteiger partial charge is 0.372 e. The van der Waals surface area contributed by atoms with E-state index in [1.807, 2.05) is 12.1 Å². The molecule has 1 atom stereocenters. The zero-order valence-electron chi connectivity index (χ0n) is 21.5. The third kappa shape index (κ3) is 3.66. The lowest BCUT2D eigenvalue weighted by molar-refractivity contribution is 0.187. The number of aromatic amines is 2. The summed E-state index contributed by atoms with van der Waals surface area (Å²) in [6.45, 7) is 8.04. The molecule has 8 nitrogen and oxygen atoms in total. The van der Waals surface area contributed by atoms with Gasteiger partial charge in [0.15, 0.2) is 5.65 Å². The van der Waals surface area contributed by atoms with Crippen LogP contribution in [-0.2, 0) is 6.42 Å². The molecule has 0 amide bonds. The normalized spacial score (nSPS) is 20.4. The van der Waals surface area contributed by atoms with Crippen molar-refractivity contribution in [2.24, 2.45) is 11.1 Å². The molecule has 194 valence electrons. The number of aromatic nitrogens is 4. The number of benzene rings is 2. The van der Waals surface area contributed by atoms with Gasteiger partial charge in [0.05, 0.1) is 0 Å². The second-order valence-electron chi connectivity index (χ2n) is 11.1. The van der Waals surface area contributed by atoms with E-state index in [9.17, 15) is 4.79 Å². The number of rotatable bonds is 4. The predicted molar refractivity (Wildman–Crippen MR) is 151 cm³/mol. The molecule has 2 aromatic carbocycles. The smallest absolute Gasteiger partial charge is 0.264 e. The molecule has 7 rings (SSSR count). The Bertz CT molecular complexity index is 1590. The van der Waals surface area contributed by atoms with Gasteiger partial charge in [-0.25, -0.2) is 0 Å². The van der Waals surface area contributed by atoms with Gasteiger partial charge in [0.1, 0.15) is 11.1 Å². The Morgan fingerprint density at radius 1 is 1.03 bits per heavy atom. The van der Waals surface area contributed by atoms with E-state index in [1.54, 1.807) is 0 Å². The van der Waals surface area contributed by atoms with Gasteiger partial charge in [-0.3, -0.25) is 14.9 Å². The van der Waals surface area contributed by atoms with E-state index >= 15 is 0 Å². The lowest BCUT2D eigenvalue weighted by atomic mass is 9.73. The molecule has 0 unspecified atom stereocenters. The number of fused-ring (bicyclic) bond motifs is 2. The first kappa shape index (κ1) is 23.2. The summed E-state index contributed by atoms with van der Waals surface area (Å²) in [6, 6.07) is 16.9. The molecule has 2 aromatic heterocycles. The highest BCUT2D eigenvalue weighted by Gasteiger charge is 2.46. The predicted octanol–water partition coefficient (Wildman–Crippen LogP) is 4.15. The van der Waals surface area contributed by atoms with Crippen molar-refractivity contribution in [1.29, 1.82) is 0 Å². The van der Waals surface area contributed by atoms with Crippen molar-refractivity contribution in [2.75, 3.05) is 36.0 Å². The summed E-state index contributed by atoms with van der Waals surface area (Å²) in [6.07, 6.45) is 5.38. The Labute approximate surface area is 221 Å². The summed E-state index contributed by atoms with van der Waals surface area (Å²) in [4.78, 5) is 25.7. The molecule has 38 heavy (non-hydrogen) atoms. The number of H-pyrrole nitrogens is 2. The van der Waals surface area contributed by atoms with Crippen LogP contribution in [0.2, 0.25) is 0 Å². The van der Waals surface area contributed by atoms with Gasteiger partial charge in [0.2, 0.25) is 5.95 Å². The Hall–Kier alpha value is -3.91. The third-order valence-electron chi connectivity index (χ3n) is 9.02. The fourth-order valence-electron chi connectivity index (χ4n) is 6.77. The van der Waals surface area contributed by atoms with Crippen molar-refractivity contribution in [2.45, 2.75) is 38.1 Å². The number of anilines is 2. The highest BCUT2D eigenvalue weighted by molar-refractivity contribution is 5.92. The van der Waals surface area contributed by atoms with Crippen LogP contribution in [0.5, 0.6) is 0 Å². The van der Waals surface area contributed by atoms with Gasteiger partial charge in [-0.1, -0.05) is 43.0 Å². The fourth-order valence-corrected chi connectivity index (χ4v) is 6.77. The molecule has 4 heterocycles. The molecule has 4 N–H and O–H groups in total. The zero-order chi connectivity index (χ0) is 25.9. The van der Waals surface area contributed by atoms with E-state index in [-0.39, 0.29) is 17.0 Å². The van der Waals surface area contributed by atoms with E-state index in [0.717, 1.165) is 51.0 Å². The third-order valence-corrected chi connectivity index (χ3v) is 9.02. The average Bonchev–Trinajstić information content (AvgIpc) is 3.69. The minimum Gasteiger partial charge on any atom is -0.372 e. The van der Waals surface area contributed by atoms with Crippen LogP contribution in [0.15, 0.2) is 59.9 Å². The van der Waals surface area contributed by atoms with Crippen LogP contribution in [0.3, 0.4) is 0 Å². The van der Waals surface area contributed by atoms with Crippen LogP contribution < -0.4 is 21.1 Å². The van der Waals surface area contributed by atoms with Crippen LogP contribution in [0.25, 0.3) is 16.6 Å². The molecule has 2 saturated heterocycles. The molecule has 0 bridgehead atoms. The van der Waals surface area contributed by atoms with Crippen LogP contribution in [0.4, 0.5) is 11.6 Å². The maximum Gasteiger partial charge on any atom is 0.264 e. The maximum atomic E-state index is 13.3. The number of piperidine rings is 1. The maximum absolute atomic E-state index is 13.3. The van der Waals surface area contributed by atoms with Crippen LogP contribution in [0.1, 0.15) is 54.1 Å². The average molecular weight is 508 g/mol. The highest BCUT2D eigenvalue weighted by Crippen LogP contribution is 2.50. The number of nitrogens with one attached hydrogen (secondary N) is 2. The molecule has 3 aliphatic rings. The van der Waals surface area contributed by atoms with Gasteiger partial charge < -0.3 is 15.5 Å². The Kier molecular flexibility index (Phi) is 5.40. The summed E-state index contributed by atoms with van der Waals surface area (Å²) in [5.74, 6) is 0.582. The molecular weight excluding hydrogens is 474 g/mol. The fraction of sp³-hybridized carbons (Fsp3) is 0.367. The van der Waals surface area contributed by atoms with Crippen molar-refractivity contribution >= 4 is 28.2 Å². The van der Waals surface area contributed by atoms with Gasteiger partial charge in [-0.05, 0) is 66.3 Å². The monoisotopic (exact) mass is 507 g/mol. The van der Waals surface area contributed by atoms with Gasteiger partial charge in [-0.15, -0.1) is 0 Å². The minimum atomic E-state index is -0.198. The summed E-state index contributed by atoms with van der Waals surface area (Å²) in [5.41, 5.74) is 13.2. The van der Waals surface area contributed by atoms with Crippen molar-refractivity contribution in [3.63, 3.8) is 0 Å². The quantitative estimate of drug-likeness (QED) is 0.383. The summed E-state index contributed by atoms with van der Waals surface area (Å²) < 4.78 is 0. The second kappa shape index (κ2) is 8.84. The Morgan fingerprint density at radius 2 is 1.82 bits per heavy atom. The number of hydrogen-bond donors (Lipinski definition) is 3. The molecule has 8 heteroatoms. The molecule has 1 spiro atoms. The van der Waals surface area contributed by atoms with Gasteiger partial charge >= 0.3 is 0 Å². The SMILES string of the molecule is C=C(c1cccc(N2CCCC2)c1)c1n[nH]c2nc(N3CCC4(CC3)Cc3ccccc3[C@H]4N)[nH]c(=O)c12. The number of hydrogen-bond acceptors (Lipinski definition) is 6. The van der Waals surface area contributed by atoms with Crippen molar-refractivity contribution < 1.29 is 0 Å². The van der Waals surface area contributed by atoms with Gasteiger partial charge in [0.25, 0.3) is 5.56 Å². The molecule has 1 aliphatic carbocycles. The van der Waals surface area contributed by atoms with Gasteiger partial charge in [-0.2, -0.15) is 10.1 Å². The Balaban J connectivity index is 1.13. The van der Waals surface area contributed by atoms with Crippen molar-refractivity contribution in [3.8, 4) is 0 Å². The topological polar surface area (TPSA) is 107 Å². The first-order chi connectivity index (χ1) is 18.5. The second-order valence-corrected chi connectivity index (χ2v) is 11.1. The molecular formula is C30H33N7O. The lowest BCUT2D eigenvalue weighted by Crippen LogP contribution is -2.45.